The molecule has 72 valence electrons. The second kappa shape index (κ2) is 3.14. The van der Waals surface area contributed by atoms with Gasteiger partial charge >= 0.3 is 5.97 Å². The van der Waals surface area contributed by atoms with E-state index < -0.39 is 11.8 Å². The lowest BCUT2D eigenvalue weighted by atomic mass is 10.1. The number of esters is 1. The molecule has 2 rings (SSSR count). The van der Waals surface area contributed by atoms with E-state index in [1.54, 1.807) is 12.3 Å². The molecule has 4 heteroatoms. The van der Waals surface area contributed by atoms with E-state index in [4.69, 9.17) is 0 Å². The van der Waals surface area contributed by atoms with Crippen LogP contribution in [0.5, 0.6) is 0 Å². The highest BCUT2D eigenvalue weighted by molar-refractivity contribution is 5.94. The lowest BCUT2D eigenvalue weighted by Crippen LogP contribution is -2.04. The van der Waals surface area contributed by atoms with E-state index in [1.165, 1.54) is 19.2 Å². The van der Waals surface area contributed by atoms with Crippen molar-refractivity contribution in [3.8, 4) is 0 Å². The summed E-state index contributed by atoms with van der Waals surface area (Å²) in [7, 11) is 1.22. The maximum absolute atomic E-state index is 13.3. The number of methoxy groups -OCH3 is 1. The first kappa shape index (κ1) is 8.74. The van der Waals surface area contributed by atoms with Gasteiger partial charge in [-0.2, -0.15) is 0 Å². The van der Waals surface area contributed by atoms with Crippen LogP contribution in [0.25, 0.3) is 10.9 Å². The molecule has 0 aliphatic heterocycles. The number of rotatable bonds is 1. The molecule has 3 nitrogen and oxygen atoms in total. The van der Waals surface area contributed by atoms with E-state index in [9.17, 15) is 9.18 Å². The molecule has 0 aliphatic carbocycles. The normalized spacial score (nSPS) is 10.4. The number of carbonyl (C=O) groups excluding carboxylic acids is 1. The first-order valence-electron chi connectivity index (χ1n) is 4.07. The summed E-state index contributed by atoms with van der Waals surface area (Å²) in [5.41, 5.74) is 0.661. The SMILES string of the molecule is COC(=O)c1cc2[nH]ccc2cc1F. The Kier molecular flexibility index (Phi) is 1.96. The summed E-state index contributed by atoms with van der Waals surface area (Å²) in [4.78, 5) is 14.0. The minimum Gasteiger partial charge on any atom is -0.465 e. The molecule has 0 radical (unpaired) electrons. The summed E-state index contributed by atoms with van der Waals surface area (Å²) in [5, 5.41) is 0.732. The predicted molar refractivity (Wildman–Crippen MR) is 49.6 cm³/mol. The van der Waals surface area contributed by atoms with Gasteiger partial charge in [0.15, 0.2) is 0 Å². The molecule has 2 aromatic rings. The number of fused-ring (bicyclic) bond motifs is 1. The molecule has 1 aromatic heterocycles. The van der Waals surface area contributed by atoms with Gasteiger partial charge in [0.25, 0.3) is 0 Å². The Morgan fingerprint density at radius 3 is 3.00 bits per heavy atom. The molecule has 1 N–H and O–H groups in total. The topological polar surface area (TPSA) is 42.1 Å². The van der Waals surface area contributed by atoms with Crippen LogP contribution < -0.4 is 0 Å². The van der Waals surface area contributed by atoms with Gasteiger partial charge in [0.05, 0.1) is 12.7 Å². The van der Waals surface area contributed by atoms with Crippen molar-refractivity contribution in [1.82, 2.24) is 4.98 Å². The average Bonchev–Trinajstić information content (AvgIpc) is 2.62. The van der Waals surface area contributed by atoms with Crippen LogP contribution in [0, 0.1) is 5.82 Å². The van der Waals surface area contributed by atoms with Crippen LogP contribution in [0.3, 0.4) is 0 Å². The van der Waals surface area contributed by atoms with Gasteiger partial charge in [-0.3, -0.25) is 0 Å². The molecule has 0 saturated carbocycles. The van der Waals surface area contributed by atoms with Crippen LogP contribution in [0.2, 0.25) is 0 Å². The maximum Gasteiger partial charge on any atom is 0.340 e. The number of hydrogen-bond donors (Lipinski definition) is 1. The van der Waals surface area contributed by atoms with Crippen LogP contribution >= 0.6 is 0 Å². The standard InChI is InChI=1S/C10H8FNO2/c1-14-10(13)7-5-9-6(2-3-12-9)4-8(7)11/h2-5,12H,1H3. The summed E-state index contributed by atoms with van der Waals surface area (Å²) in [6, 6.07) is 4.48. The van der Waals surface area contributed by atoms with Crippen molar-refractivity contribution in [2.75, 3.05) is 7.11 Å². The highest BCUT2D eigenvalue weighted by atomic mass is 19.1. The number of carbonyl (C=O) groups is 1. The molecule has 0 amide bonds. The third-order valence-corrected chi connectivity index (χ3v) is 2.05. The summed E-state index contributed by atoms with van der Waals surface area (Å²) in [5.74, 6) is -1.23. The minimum atomic E-state index is -0.668. The molecule has 0 fully saturated rings. The molecule has 0 spiro atoms. The van der Waals surface area contributed by atoms with Crippen LogP contribution in [-0.2, 0) is 4.74 Å². The van der Waals surface area contributed by atoms with E-state index in [0.29, 0.717) is 5.52 Å². The highest BCUT2D eigenvalue weighted by Gasteiger charge is 2.13. The van der Waals surface area contributed by atoms with Crippen molar-refractivity contribution in [2.45, 2.75) is 0 Å². The van der Waals surface area contributed by atoms with E-state index in [1.807, 2.05) is 0 Å². The Morgan fingerprint density at radius 1 is 1.50 bits per heavy atom. The molecular weight excluding hydrogens is 185 g/mol. The van der Waals surface area contributed by atoms with Gasteiger partial charge in [-0.1, -0.05) is 0 Å². The maximum atomic E-state index is 13.3. The van der Waals surface area contributed by atoms with E-state index in [2.05, 4.69) is 9.72 Å². The van der Waals surface area contributed by atoms with Crippen LogP contribution in [0.15, 0.2) is 24.4 Å². The van der Waals surface area contributed by atoms with Gasteiger partial charge < -0.3 is 9.72 Å². The Labute approximate surface area is 79.5 Å². The number of aromatic amines is 1. The van der Waals surface area contributed by atoms with Gasteiger partial charge in [-0.15, -0.1) is 0 Å². The fourth-order valence-electron chi connectivity index (χ4n) is 1.34. The monoisotopic (exact) mass is 193 g/mol. The Hall–Kier alpha value is -1.84. The number of hydrogen-bond acceptors (Lipinski definition) is 2. The van der Waals surface area contributed by atoms with E-state index >= 15 is 0 Å². The second-order valence-corrected chi connectivity index (χ2v) is 2.89. The number of ether oxygens (including phenoxy) is 1. The summed E-state index contributed by atoms with van der Waals surface area (Å²) in [6.45, 7) is 0. The van der Waals surface area contributed by atoms with Crippen molar-refractivity contribution < 1.29 is 13.9 Å². The zero-order chi connectivity index (χ0) is 10.1. The third-order valence-electron chi connectivity index (χ3n) is 2.05. The van der Waals surface area contributed by atoms with E-state index in [-0.39, 0.29) is 5.56 Å². The molecule has 14 heavy (non-hydrogen) atoms. The van der Waals surface area contributed by atoms with E-state index in [0.717, 1.165) is 5.39 Å². The van der Waals surface area contributed by atoms with Crippen LogP contribution in [-0.4, -0.2) is 18.1 Å². The fourth-order valence-corrected chi connectivity index (χ4v) is 1.34. The fraction of sp³-hybridized carbons (Fsp3) is 0.100. The van der Waals surface area contributed by atoms with Crippen molar-refractivity contribution >= 4 is 16.9 Å². The molecule has 1 heterocycles. The molecular formula is C10H8FNO2. The van der Waals surface area contributed by atoms with Gasteiger partial charge in [0.2, 0.25) is 0 Å². The zero-order valence-electron chi connectivity index (χ0n) is 7.50. The van der Waals surface area contributed by atoms with Gasteiger partial charge in [-0.25, -0.2) is 9.18 Å². The summed E-state index contributed by atoms with van der Waals surface area (Å²) in [6.07, 6.45) is 1.69. The molecule has 0 atom stereocenters. The Balaban J connectivity index is 2.64. The number of benzene rings is 1. The number of H-pyrrole nitrogens is 1. The summed E-state index contributed by atoms with van der Waals surface area (Å²) < 4.78 is 17.8. The minimum absolute atomic E-state index is 0.0533. The predicted octanol–water partition coefficient (Wildman–Crippen LogP) is 2.09. The lowest BCUT2D eigenvalue weighted by Gasteiger charge is -2.00. The Morgan fingerprint density at radius 2 is 2.29 bits per heavy atom. The van der Waals surface area contributed by atoms with Crippen molar-refractivity contribution in [3.63, 3.8) is 0 Å². The van der Waals surface area contributed by atoms with Crippen molar-refractivity contribution in [3.05, 3.63) is 35.8 Å². The first-order valence-corrected chi connectivity index (χ1v) is 4.07. The smallest absolute Gasteiger partial charge is 0.340 e. The first-order chi connectivity index (χ1) is 6.72. The van der Waals surface area contributed by atoms with Crippen LogP contribution in [0.4, 0.5) is 4.39 Å². The van der Waals surface area contributed by atoms with Gasteiger partial charge in [0.1, 0.15) is 5.82 Å². The van der Waals surface area contributed by atoms with Gasteiger partial charge in [-0.05, 0) is 18.2 Å². The summed E-state index contributed by atoms with van der Waals surface area (Å²) >= 11 is 0. The molecule has 0 unspecified atom stereocenters. The van der Waals surface area contributed by atoms with Gasteiger partial charge in [0, 0.05) is 17.1 Å². The molecule has 0 bridgehead atoms. The largest absolute Gasteiger partial charge is 0.465 e. The number of aromatic nitrogens is 1. The molecule has 1 aromatic carbocycles. The molecule has 0 aliphatic rings. The quantitative estimate of drug-likeness (QED) is 0.704. The number of halogens is 1. The lowest BCUT2D eigenvalue weighted by molar-refractivity contribution is 0.0595. The van der Waals surface area contributed by atoms with Crippen LogP contribution in [0.1, 0.15) is 10.4 Å². The highest BCUT2D eigenvalue weighted by Crippen LogP contribution is 2.18. The third kappa shape index (κ3) is 1.25. The second-order valence-electron chi connectivity index (χ2n) is 2.89. The van der Waals surface area contributed by atoms with Crippen molar-refractivity contribution in [2.24, 2.45) is 0 Å². The Bertz CT molecular complexity index is 490. The van der Waals surface area contributed by atoms with Crippen molar-refractivity contribution in [1.29, 1.82) is 0 Å². The zero-order valence-corrected chi connectivity index (χ0v) is 7.50. The molecule has 0 saturated heterocycles. The average molecular weight is 193 g/mol. The number of nitrogens with one attached hydrogen (secondary N) is 1.